The number of rotatable bonds is 4. The molecule has 6 heteroatoms. The van der Waals surface area contributed by atoms with Gasteiger partial charge in [0.05, 0.1) is 12.3 Å². The number of likely N-dealkylation sites (tertiary alicyclic amines) is 1. The monoisotopic (exact) mass is 311 g/mol. The first kappa shape index (κ1) is 15.8. The second kappa shape index (κ2) is 6.05. The van der Waals surface area contributed by atoms with E-state index in [1.165, 1.54) is 16.7 Å². The van der Waals surface area contributed by atoms with Crippen molar-refractivity contribution in [2.24, 2.45) is 0 Å². The Bertz CT molecular complexity index is 578. The highest BCUT2D eigenvalue weighted by Crippen LogP contribution is 2.28. The van der Waals surface area contributed by atoms with Gasteiger partial charge in [-0.3, -0.25) is 4.79 Å². The summed E-state index contributed by atoms with van der Waals surface area (Å²) >= 11 is 1.40. The first-order chi connectivity index (χ1) is 9.82. The molecule has 0 saturated carbocycles. The summed E-state index contributed by atoms with van der Waals surface area (Å²) in [7, 11) is 0. The molecule has 4 nitrogen and oxygen atoms in total. The number of benzene rings is 1. The van der Waals surface area contributed by atoms with Crippen molar-refractivity contribution in [3.63, 3.8) is 0 Å². The molecule has 1 aliphatic rings. The van der Waals surface area contributed by atoms with Gasteiger partial charge in [-0.25, -0.2) is 9.18 Å². The minimum absolute atomic E-state index is 0.137. The molecule has 0 aliphatic carbocycles. The first-order valence-electron chi connectivity index (χ1n) is 6.72. The Labute approximate surface area is 127 Å². The number of alkyl halides is 1. The third-order valence-corrected chi connectivity index (χ3v) is 4.79. The van der Waals surface area contributed by atoms with Crippen LogP contribution in [0.1, 0.15) is 17.5 Å². The van der Waals surface area contributed by atoms with Crippen LogP contribution in [-0.2, 0) is 9.59 Å². The predicted octanol–water partition coefficient (Wildman–Crippen LogP) is 2.42. The van der Waals surface area contributed by atoms with Crippen molar-refractivity contribution in [2.45, 2.75) is 30.8 Å². The van der Waals surface area contributed by atoms with Gasteiger partial charge < -0.3 is 10.0 Å². The normalized spacial score (nSPS) is 21.6. The standard InChI is InChI=1S/C15H18FNO3S/c1-10-3-4-11(2)12(7-10)21-8-13(18)17-6-5-15(16,9-17)14(19)20/h3-4,7H,5-6,8-9H2,1-2H3,(H,19,20). The molecular weight excluding hydrogens is 293 g/mol. The van der Waals surface area contributed by atoms with Crippen LogP contribution in [0.4, 0.5) is 4.39 Å². The lowest BCUT2D eigenvalue weighted by Gasteiger charge is -2.17. The number of halogens is 1. The van der Waals surface area contributed by atoms with Gasteiger partial charge in [-0.1, -0.05) is 17.7 Å². The van der Waals surface area contributed by atoms with Crippen LogP contribution >= 0.6 is 11.8 Å². The zero-order valence-corrected chi connectivity index (χ0v) is 12.9. The Hall–Kier alpha value is -1.56. The van der Waals surface area contributed by atoms with Crippen molar-refractivity contribution in [2.75, 3.05) is 18.8 Å². The lowest BCUT2D eigenvalue weighted by molar-refractivity contribution is -0.150. The highest BCUT2D eigenvalue weighted by atomic mass is 32.2. The van der Waals surface area contributed by atoms with Gasteiger partial charge >= 0.3 is 5.97 Å². The molecule has 1 atom stereocenters. The van der Waals surface area contributed by atoms with Gasteiger partial charge in [-0.15, -0.1) is 11.8 Å². The Balaban J connectivity index is 1.94. The molecule has 0 aromatic heterocycles. The molecule has 1 heterocycles. The van der Waals surface area contributed by atoms with E-state index in [1.807, 2.05) is 32.0 Å². The molecule has 1 saturated heterocycles. The highest BCUT2D eigenvalue weighted by molar-refractivity contribution is 8.00. The predicted molar refractivity (Wildman–Crippen MR) is 79.3 cm³/mol. The number of carbonyl (C=O) groups is 2. The quantitative estimate of drug-likeness (QED) is 0.868. The number of thioether (sulfide) groups is 1. The Morgan fingerprint density at radius 2 is 2.14 bits per heavy atom. The van der Waals surface area contributed by atoms with Crippen molar-refractivity contribution in [3.8, 4) is 0 Å². The summed E-state index contributed by atoms with van der Waals surface area (Å²) in [5, 5.41) is 8.83. The van der Waals surface area contributed by atoms with Crippen molar-refractivity contribution < 1.29 is 19.1 Å². The molecule has 21 heavy (non-hydrogen) atoms. The average Bonchev–Trinajstić information content (AvgIpc) is 2.84. The number of carboxylic acid groups (broad SMARTS) is 1. The van der Waals surface area contributed by atoms with E-state index in [1.54, 1.807) is 0 Å². The highest BCUT2D eigenvalue weighted by Gasteiger charge is 2.46. The topological polar surface area (TPSA) is 57.6 Å². The van der Waals surface area contributed by atoms with Crippen molar-refractivity contribution >= 4 is 23.6 Å². The van der Waals surface area contributed by atoms with Crippen LogP contribution in [0, 0.1) is 13.8 Å². The smallest absolute Gasteiger partial charge is 0.343 e. The second-order valence-electron chi connectivity index (χ2n) is 5.39. The summed E-state index contributed by atoms with van der Waals surface area (Å²) in [4.78, 5) is 25.2. The van der Waals surface area contributed by atoms with Gasteiger partial charge in [0.25, 0.3) is 0 Å². The number of nitrogens with zero attached hydrogens (tertiary/aromatic N) is 1. The van der Waals surface area contributed by atoms with Crippen molar-refractivity contribution in [3.05, 3.63) is 29.3 Å². The van der Waals surface area contributed by atoms with Crippen LogP contribution in [0.2, 0.25) is 0 Å². The van der Waals surface area contributed by atoms with Crippen LogP contribution in [0.3, 0.4) is 0 Å². The van der Waals surface area contributed by atoms with E-state index in [9.17, 15) is 14.0 Å². The zero-order chi connectivity index (χ0) is 15.6. The number of carbonyl (C=O) groups excluding carboxylic acids is 1. The zero-order valence-electron chi connectivity index (χ0n) is 12.1. The molecule has 1 N–H and O–H groups in total. The van der Waals surface area contributed by atoms with Crippen LogP contribution < -0.4 is 0 Å². The maximum absolute atomic E-state index is 13.9. The van der Waals surface area contributed by atoms with E-state index in [2.05, 4.69) is 0 Å². The largest absolute Gasteiger partial charge is 0.479 e. The third-order valence-electron chi connectivity index (χ3n) is 3.65. The summed E-state index contributed by atoms with van der Waals surface area (Å²) in [6.07, 6.45) is -0.137. The summed E-state index contributed by atoms with van der Waals surface area (Å²) in [6, 6.07) is 6.01. The molecule has 0 bridgehead atoms. The Morgan fingerprint density at radius 1 is 1.43 bits per heavy atom. The van der Waals surface area contributed by atoms with E-state index in [-0.39, 0.29) is 31.2 Å². The lowest BCUT2D eigenvalue weighted by atomic mass is 10.1. The SMILES string of the molecule is Cc1ccc(C)c(SCC(=O)N2CCC(F)(C(=O)O)C2)c1. The fourth-order valence-corrected chi connectivity index (χ4v) is 3.28. The van der Waals surface area contributed by atoms with Gasteiger partial charge in [0.1, 0.15) is 0 Å². The Kier molecular flexibility index (Phi) is 4.56. The fraction of sp³-hybridized carbons (Fsp3) is 0.467. The summed E-state index contributed by atoms with van der Waals surface area (Å²) in [5.74, 6) is -1.51. The molecule has 1 aromatic carbocycles. The maximum atomic E-state index is 13.9. The van der Waals surface area contributed by atoms with E-state index in [0.717, 1.165) is 16.0 Å². The molecule has 1 aliphatic heterocycles. The van der Waals surface area contributed by atoms with Crippen molar-refractivity contribution in [1.82, 2.24) is 4.90 Å². The van der Waals surface area contributed by atoms with Gasteiger partial charge in [0.2, 0.25) is 11.6 Å². The van der Waals surface area contributed by atoms with E-state index >= 15 is 0 Å². The van der Waals surface area contributed by atoms with Gasteiger partial charge in [-0.05, 0) is 25.5 Å². The first-order valence-corrected chi connectivity index (χ1v) is 7.70. The average molecular weight is 311 g/mol. The lowest BCUT2D eigenvalue weighted by Crippen LogP contribution is -2.39. The number of hydrogen-bond acceptors (Lipinski definition) is 3. The van der Waals surface area contributed by atoms with Crippen LogP contribution in [0.15, 0.2) is 23.1 Å². The van der Waals surface area contributed by atoms with Gasteiger partial charge in [0.15, 0.2) is 0 Å². The minimum Gasteiger partial charge on any atom is -0.479 e. The molecule has 0 radical (unpaired) electrons. The summed E-state index contributed by atoms with van der Waals surface area (Å²) < 4.78 is 13.9. The number of amides is 1. The van der Waals surface area contributed by atoms with E-state index < -0.39 is 11.6 Å². The van der Waals surface area contributed by atoms with Crippen LogP contribution in [0.5, 0.6) is 0 Å². The maximum Gasteiger partial charge on any atom is 0.343 e. The molecule has 1 amide bonds. The number of aryl methyl sites for hydroxylation is 2. The molecule has 0 spiro atoms. The molecule has 1 unspecified atom stereocenters. The molecular formula is C15H18FNO3S. The Morgan fingerprint density at radius 3 is 2.76 bits per heavy atom. The number of carboxylic acids is 1. The fourth-order valence-electron chi connectivity index (χ4n) is 2.25. The van der Waals surface area contributed by atoms with Gasteiger partial charge in [-0.2, -0.15) is 0 Å². The van der Waals surface area contributed by atoms with E-state index in [0.29, 0.717) is 0 Å². The van der Waals surface area contributed by atoms with Crippen LogP contribution in [0.25, 0.3) is 0 Å². The number of aliphatic carboxylic acids is 1. The van der Waals surface area contributed by atoms with Crippen LogP contribution in [-0.4, -0.2) is 46.4 Å². The van der Waals surface area contributed by atoms with Crippen molar-refractivity contribution in [1.29, 1.82) is 0 Å². The van der Waals surface area contributed by atoms with E-state index in [4.69, 9.17) is 5.11 Å². The second-order valence-corrected chi connectivity index (χ2v) is 6.41. The molecule has 2 rings (SSSR count). The van der Waals surface area contributed by atoms with Gasteiger partial charge in [0, 0.05) is 17.9 Å². The molecule has 1 fully saturated rings. The summed E-state index contributed by atoms with van der Waals surface area (Å²) in [5.41, 5.74) is -0.0879. The molecule has 114 valence electrons. The minimum atomic E-state index is -2.29. The number of hydrogen-bond donors (Lipinski definition) is 1. The third kappa shape index (κ3) is 3.56. The molecule has 1 aromatic rings. The summed E-state index contributed by atoms with van der Waals surface area (Å²) in [6.45, 7) is 3.76.